The molecule has 0 amide bonds. The van der Waals surface area contributed by atoms with Crippen molar-refractivity contribution in [2.24, 2.45) is 0 Å². The molecule has 2 rings (SSSR count). The van der Waals surface area contributed by atoms with Crippen molar-refractivity contribution >= 4 is 37.2 Å². The van der Waals surface area contributed by atoms with E-state index in [1.165, 1.54) is 0 Å². The summed E-state index contributed by atoms with van der Waals surface area (Å²) in [6.07, 6.45) is 2.10. The van der Waals surface area contributed by atoms with Gasteiger partial charge in [0.1, 0.15) is 5.78 Å². The zero-order valence-corrected chi connectivity index (χ0v) is 17.8. The maximum absolute atomic E-state index is 13.1. The lowest BCUT2D eigenvalue weighted by Gasteiger charge is -2.21. The number of para-hydroxylation sites is 2. The van der Waals surface area contributed by atoms with E-state index in [2.05, 4.69) is 9.44 Å². The predicted molar refractivity (Wildman–Crippen MR) is 112 cm³/mol. The molecule has 0 heterocycles. The summed E-state index contributed by atoms with van der Waals surface area (Å²) in [4.78, 5) is 13.1. The summed E-state index contributed by atoms with van der Waals surface area (Å²) in [5.74, 6) is -1.37. The number of anilines is 2. The fourth-order valence-corrected chi connectivity index (χ4v) is 4.19. The standard InChI is InChI=1S/C19H24N2O5S2/c1-13(15-9-5-7-11-17(15)20-27(3,23)24)19(22)14(2)16-10-6-8-12-18(16)21-28(4,25)26/h5-14,20-21H,1-4H3. The molecule has 0 aliphatic rings. The summed E-state index contributed by atoms with van der Waals surface area (Å²) in [6, 6.07) is 13.4. The van der Waals surface area contributed by atoms with Crippen LogP contribution in [0, 0.1) is 0 Å². The minimum Gasteiger partial charge on any atom is -0.298 e. The molecule has 2 aromatic rings. The lowest BCUT2D eigenvalue weighted by atomic mass is 9.84. The SMILES string of the molecule is CC(C(=O)C(C)c1ccccc1NS(C)(=O)=O)c1ccccc1NS(C)(=O)=O. The Kier molecular flexibility index (Phi) is 6.51. The molecule has 0 aromatic heterocycles. The van der Waals surface area contributed by atoms with Gasteiger partial charge in [0.05, 0.1) is 23.9 Å². The lowest BCUT2D eigenvalue weighted by Crippen LogP contribution is -2.20. The predicted octanol–water partition coefficient (Wildman–Crippen LogP) is 2.91. The summed E-state index contributed by atoms with van der Waals surface area (Å²) >= 11 is 0. The monoisotopic (exact) mass is 424 g/mol. The van der Waals surface area contributed by atoms with Gasteiger partial charge < -0.3 is 0 Å². The minimum absolute atomic E-state index is 0.162. The number of hydrogen-bond donors (Lipinski definition) is 2. The van der Waals surface area contributed by atoms with Crippen molar-refractivity contribution in [3.8, 4) is 0 Å². The summed E-state index contributed by atoms with van der Waals surface area (Å²) in [7, 11) is -6.99. The van der Waals surface area contributed by atoms with Crippen molar-refractivity contribution in [2.45, 2.75) is 25.7 Å². The molecule has 0 aliphatic heterocycles. The first-order chi connectivity index (χ1) is 12.9. The van der Waals surface area contributed by atoms with Gasteiger partial charge in [0.25, 0.3) is 0 Å². The molecule has 2 unspecified atom stereocenters. The van der Waals surface area contributed by atoms with Gasteiger partial charge in [-0.3, -0.25) is 14.2 Å². The summed E-state index contributed by atoms with van der Waals surface area (Å²) in [5.41, 5.74) is 1.80. The van der Waals surface area contributed by atoms with Gasteiger partial charge in [-0.05, 0) is 23.3 Å². The van der Waals surface area contributed by atoms with Crippen molar-refractivity contribution < 1.29 is 21.6 Å². The summed E-state index contributed by atoms with van der Waals surface area (Å²) in [6.45, 7) is 3.41. The normalized spacial score (nSPS) is 14.1. The third-order valence-corrected chi connectivity index (χ3v) is 5.48. The molecular weight excluding hydrogens is 400 g/mol. The third-order valence-electron chi connectivity index (χ3n) is 4.30. The molecule has 28 heavy (non-hydrogen) atoms. The van der Waals surface area contributed by atoms with Gasteiger partial charge in [0.15, 0.2) is 0 Å². The van der Waals surface area contributed by atoms with Crippen LogP contribution in [0.1, 0.15) is 36.8 Å². The third kappa shape index (κ3) is 5.80. The molecule has 7 nitrogen and oxygen atoms in total. The Morgan fingerprint density at radius 1 is 0.714 bits per heavy atom. The van der Waals surface area contributed by atoms with Crippen LogP contribution in [0.25, 0.3) is 0 Å². The van der Waals surface area contributed by atoms with Crippen LogP contribution in [-0.2, 0) is 24.8 Å². The Labute approximate surface area is 166 Å². The van der Waals surface area contributed by atoms with Crippen LogP contribution in [0.2, 0.25) is 0 Å². The van der Waals surface area contributed by atoms with Crippen molar-refractivity contribution in [2.75, 3.05) is 22.0 Å². The molecule has 2 atom stereocenters. The number of rotatable bonds is 8. The Bertz CT molecular complexity index is 994. The molecule has 0 saturated carbocycles. The van der Waals surface area contributed by atoms with Crippen LogP contribution < -0.4 is 9.44 Å². The molecule has 0 aliphatic carbocycles. The highest BCUT2D eigenvalue weighted by Crippen LogP contribution is 2.33. The Morgan fingerprint density at radius 3 is 1.36 bits per heavy atom. The average molecular weight is 425 g/mol. The molecule has 0 fully saturated rings. The van der Waals surface area contributed by atoms with E-state index < -0.39 is 31.9 Å². The lowest BCUT2D eigenvalue weighted by molar-refractivity contribution is -0.121. The second-order valence-electron chi connectivity index (χ2n) is 6.77. The maximum Gasteiger partial charge on any atom is 0.229 e. The first kappa shape index (κ1) is 21.9. The topological polar surface area (TPSA) is 109 Å². The molecular formula is C19H24N2O5S2. The van der Waals surface area contributed by atoms with Crippen LogP contribution in [0.4, 0.5) is 11.4 Å². The number of carbonyl (C=O) groups excluding carboxylic acids is 1. The number of sulfonamides is 2. The van der Waals surface area contributed by atoms with Crippen molar-refractivity contribution in [1.82, 2.24) is 0 Å². The first-order valence-electron chi connectivity index (χ1n) is 8.56. The Morgan fingerprint density at radius 2 is 1.04 bits per heavy atom. The molecule has 0 radical (unpaired) electrons. The fraction of sp³-hybridized carbons (Fsp3) is 0.316. The van der Waals surface area contributed by atoms with E-state index in [1.54, 1.807) is 62.4 Å². The van der Waals surface area contributed by atoms with E-state index in [-0.39, 0.29) is 5.78 Å². The van der Waals surface area contributed by atoms with Crippen LogP contribution in [0.3, 0.4) is 0 Å². The van der Waals surface area contributed by atoms with Crippen molar-refractivity contribution in [3.05, 3.63) is 59.7 Å². The second-order valence-corrected chi connectivity index (χ2v) is 10.3. The highest BCUT2D eigenvalue weighted by molar-refractivity contribution is 7.92. The van der Waals surface area contributed by atoms with Crippen LogP contribution in [0.5, 0.6) is 0 Å². The quantitative estimate of drug-likeness (QED) is 0.677. The average Bonchev–Trinajstić information content (AvgIpc) is 2.58. The number of Topliss-reactive ketones (excluding diaryl/α,β-unsaturated/α-hetero) is 1. The van der Waals surface area contributed by atoms with E-state index in [1.807, 2.05) is 0 Å². The molecule has 0 saturated heterocycles. The number of benzene rings is 2. The zero-order chi connectivity index (χ0) is 21.1. The zero-order valence-electron chi connectivity index (χ0n) is 16.1. The van der Waals surface area contributed by atoms with Crippen molar-refractivity contribution in [3.63, 3.8) is 0 Å². The number of hydrogen-bond acceptors (Lipinski definition) is 5. The van der Waals surface area contributed by atoms with E-state index in [0.29, 0.717) is 22.5 Å². The molecule has 2 aromatic carbocycles. The van der Waals surface area contributed by atoms with E-state index in [4.69, 9.17) is 0 Å². The van der Waals surface area contributed by atoms with Crippen LogP contribution in [-0.4, -0.2) is 35.1 Å². The van der Waals surface area contributed by atoms with E-state index in [9.17, 15) is 21.6 Å². The molecule has 2 N–H and O–H groups in total. The second kappa shape index (κ2) is 8.32. The minimum atomic E-state index is -3.50. The largest absolute Gasteiger partial charge is 0.298 e. The van der Waals surface area contributed by atoms with E-state index in [0.717, 1.165) is 12.5 Å². The highest BCUT2D eigenvalue weighted by Gasteiger charge is 2.27. The first-order valence-corrected chi connectivity index (χ1v) is 12.3. The van der Waals surface area contributed by atoms with Gasteiger partial charge in [-0.2, -0.15) is 0 Å². The maximum atomic E-state index is 13.1. The van der Waals surface area contributed by atoms with Gasteiger partial charge in [-0.25, -0.2) is 16.8 Å². The van der Waals surface area contributed by atoms with Gasteiger partial charge in [0, 0.05) is 11.8 Å². The molecule has 0 bridgehead atoms. The molecule has 152 valence electrons. The number of nitrogens with one attached hydrogen (secondary N) is 2. The van der Waals surface area contributed by atoms with Crippen LogP contribution in [0.15, 0.2) is 48.5 Å². The summed E-state index contributed by atoms with van der Waals surface area (Å²) < 4.78 is 51.3. The fourth-order valence-electron chi connectivity index (χ4n) is 3.02. The van der Waals surface area contributed by atoms with E-state index >= 15 is 0 Å². The highest BCUT2D eigenvalue weighted by atomic mass is 32.2. The van der Waals surface area contributed by atoms with Crippen molar-refractivity contribution in [1.29, 1.82) is 0 Å². The summed E-state index contributed by atoms with van der Waals surface area (Å²) in [5, 5.41) is 0. The van der Waals surface area contributed by atoms with Crippen LogP contribution >= 0.6 is 0 Å². The van der Waals surface area contributed by atoms with Gasteiger partial charge in [0.2, 0.25) is 20.0 Å². The number of ketones is 1. The van der Waals surface area contributed by atoms with Gasteiger partial charge in [-0.15, -0.1) is 0 Å². The smallest absolute Gasteiger partial charge is 0.229 e. The van der Waals surface area contributed by atoms with Gasteiger partial charge in [-0.1, -0.05) is 50.2 Å². The van der Waals surface area contributed by atoms with Gasteiger partial charge >= 0.3 is 0 Å². The Balaban J connectivity index is 2.38. The Hall–Kier alpha value is -2.39. The number of carbonyl (C=O) groups is 1. The molecule has 0 spiro atoms. The molecule has 9 heteroatoms.